The molecule has 2 rings (SSSR count). The first-order valence-corrected chi connectivity index (χ1v) is 5.49. The van der Waals surface area contributed by atoms with Crippen molar-refractivity contribution in [1.82, 2.24) is 9.55 Å². The van der Waals surface area contributed by atoms with E-state index < -0.39 is 41.6 Å². The van der Waals surface area contributed by atoms with Crippen LogP contribution in [0.25, 0.3) is 0 Å². The Balaban J connectivity index is 2.45. The first-order valence-electron chi connectivity index (χ1n) is 5.49. The number of aliphatic hydroxyl groups is 3. The van der Waals surface area contributed by atoms with Gasteiger partial charge in [0, 0.05) is 12.3 Å². The van der Waals surface area contributed by atoms with E-state index in [0.717, 1.165) is 12.3 Å². The SMILES string of the molecule is CC(O)[C@@H]1OC(n2ccc(=O)[nH]c2=O)[C@@](O)(F)[C@H]1O. The van der Waals surface area contributed by atoms with Crippen LogP contribution < -0.4 is 11.2 Å². The molecule has 1 aliphatic rings. The number of ether oxygens (including phenoxy) is 1. The fourth-order valence-corrected chi connectivity index (χ4v) is 1.95. The molecule has 8 nitrogen and oxygen atoms in total. The van der Waals surface area contributed by atoms with Crippen molar-refractivity contribution in [3.05, 3.63) is 33.1 Å². The molecule has 0 spiro atoms. The van der Waals surface area contributed by atoms with Gasteiger partial charge in [0.05, 0.1) is 6.10 Å². The number of rotatable bonds is 2. The summed E-state index contributed by atoms with van der Waals surface area (Å²) in [5, 5.41) is 28.5. The first kappa shape index (κ1) is 13.9. The lowest BCUT2D eigenvalue weighted by Gasteiger charge is -2.23. The van der Waals surface area contributed by atoms with Crippen LogP contribution in [0.15, 0.2) is 21.9 Å². The third-order valence-corrected chi connectivity index (χ3v) is 2.94. The molecule has 0 saturated carbocycles. The van der Waals surface area contributed by atoms with Crippen LogP contribution in [0, 0.1) is 0 Å². The van der Waals surface area contributed by atoms with Gasteiger partial charge in [-0.05, 0) is 6.92 Å². The second-order valence-corrected chi connectivity index (χ2v) is 4.38. The molecule has 1 aromatic rings. The number of aromatic nitrogens is 2. The Bertz CT molecular complexity index is 580. The topological polar surface area (TPSA) is 125 Å². The van der Waals surface area contributed by atoms with Crippen LogP contribution in [0.3, 0.4) is 0 Å². The van der Waals surface area contributed by atoms with Gasteiger partial charge in [-0.15, -0.1) is 0 Å². The van der Waals surface area contributed by atoms with Crippen LogP contribution in [0.4, 0.5) is 4.39 Å². The zero-order valence-corrected chi connectivity index (χ0v) is 9.86. The minimum atomic E-state index is -3.27. The van der Waals surface area contributed by atoms with Crippen molar-refractivity contribution in [2.45, 2.75) is 37.3 Å². The molecule has 1 fully saturated rings. The molecule has 9 heteroatoms. The lowest BCUT2D eigenvalue weighted by Crippen LogP contribution is -2.46. The van der Waals surface area contributed by atoms with Crippen LogP contribution in [-0.4, -0.2) is 49.0 Å². The number of nitrogens with zero attached hydrogens (tertiary/aromatic N) is 1. The standard InChI is InChI=1S/C10H13FN2O6/c1-4(14)6-7(16)10(11,18)8(19-6)13-3-2-5(15)12-9(13)17/h2-4,6-8,14,16,18H,1H3,(H,12,15,17)/t4?,6-,7-,8?,10+/m0/s1. The molecule has 19 heavy (non-hydrogen) atoms. The Kier molecular flexibility index (Phi) is 3.31. The molecule has 5 atom stereocenters. The molecule has 1 saturated heterocycles. The van der Waals surface area contributed by atoms with Gasteiger partial charge in [-0.25, -0.2) is 9.18 Å². The summed E-state index contributed by atoms with van der Waals surface area (Å²) >= 11 is 0. The summed E-state index contributed by atoms with van der Waals surface area (Å²) in [6.07, 6.45) is -5.64. The van der Waals surface area contributed by atoms with Crippen molar-refractivity contribution >= 4 is 0 Å². The van der Waals surface area contributed by atoms with E-state index in [4.69, 9.17) is 4.74 Å². The van der Waals surface area contributed by atoms with E-state index in [1.807, 2.05) is 4.98 Å². The molecule has 0 aliphatic carbocycles. The molecular formula is C10H13FN2O6. The van der Waals surface area contributed by atoms with Crippen LogP contribution in [0.5, 0.6) is 0 Å². The summed E-state index contributed by atoms with van der Waals surface area (Å²) in [4.78, 5) is 24.3. The first-order chi connectivity index (χ1) is 8.75. The summed E-state index contributed by atoms with van der Waals surface area (Å²) in [6.45, 7) is 1.24. The highest BCUT2D eigenvalue weighted by Crippen LogP contribution is 2.39. The molecule has 106 valence electrons. The van der Waals surface area contributed by atoms with E-state index in [2.05, 4.69) is 0 Å². The maximum absolute atomic E-state index is 14.1. The molecule has 0 amide bonds. The predicted octanol–water partition coefficient (Wildman–Crippen LogP) is -2.17. The van der Waals surface area contributed by atoms with Gasteiger partial charge in [0.1, 0.15) is 12.2 Å². The quantitative estimate of drug-likeness (QED) is 0.487. The number of aromatic amines is 1. The lowest BCUT2D eigenvalue weighted by molar-refractivity contribution is -0.197. The van der Waals surface area contributed by atoms with Crippen LogP contribution in [-0.2, 0) is 4.74 Å². The summed E-state index contributed by atoms with van der Waals surface area (Å²) in [7, 11) is 0. The number of alkyl halides is 1. The van der Waals surface area contributed by atoms with Crippen molar-refractivity contribution < 1.29 is 24.4 Å². The van der Waals surface area contributed by atoms with E-state index in [1.165, 1.54) is 6.92 Å². The van der Waals surface area contributed by atoms with E-state index in [9.17, 15) is 29.3 Å². The fourth-order valence-electron chi connectivity index (χ4n) is 1.95. The van der Waals surface area contributed by atoms with Gasteiger partial charge in [0.25, 0.3) is 11.4 Å². The van der Waals surface area contributed by atoms with Crippen molar-refractivity contribution in [2.24, 2.45) is 0 Å². The second kappa shape index (κ2) is 4.53. The Morgan fingerprint density at radius 1 is 1.58 bits per heavy atom. The van der Waals surface area contributed by atoms with E-state index in [1.54, 1.807) is 0 Å². The highest BCUT2D eigenvalue weighted by atomic mass is 19.2. The Morgan fingerprint density at radius 2 is 2.21 bits per heavy atom. The van der Waals surface area contributed by atoms with Gasteiger partial charge in [-0.2, -0.15) is 0 Å². The summed E-state index contributed by atoms with van der Waals surface area (Å²) < 4.78 is 19.6. The Labute approximate surface area is 105 Å². The average Bonchev–Trinajstić information content (AvgIpc) is 2.52. The molecule has 1 aromatic heterocycles. The fraction of sp³-hybridized carbons (Fsp3) is 0.600. The highest BCUT2D eigenvalue weighted by Gasteiger charge is 2.58. The highest BCUT2D eigenvalue weighted by molar-refractivity contribution is 4.99. The van der Waals surface area contributed by atoms with E-state index >= 15 is 0 Å². The third kappa shape index (κ3) is 2.21. The summed E-state index contributed by atoms with van der Waals surface area (Å²) in [6, 6.07) is 0.933. The number of hydrogen-bond acceptors (Lipinski definition) is 6. The smallest absolute Gasteiger partial charge is 0.330 e. The van der Waals surface area contributed by atoms with Crippen molar-refractivity contribution in [3.63, 3.8) is 0 Å². The monoisotopic (exact) mass is 276 g/mol. The zero-order chi connectivity index (χ0) is 14.4. The van der Waals surface area contributed by atoms with Gasteiger partial charge in [-0.1, -0.05) is 0 Å². The Morgan fingerprint density at radius 3 is 2.68 bits per heavy atom. The molecule has 4 N–H and O–H groups in total. The van der Waals surface area contributed by atoms with Crippen LogP contribution >= 0.6 is 0 Å². The van der Waals surface area contributed by atoms with Gasteiger partial charge in [0.15, 0.2) is 6.23 Å². The number of nitrogens with one attached hydrogen (secondary N) is 1. The molecule has 1 aliphatic heterocycles. The lowest BCUT2D eigenvalue weighted by atomic mass is 10.0. The van der Waals surface area contributed by atoms with Gasteiger partial charge in [0.2, 0.25) is 0 Å². The molecule has 0 aromatic carbocycles. The predicted molar refractivity (Wildman–Crippen MR) is 59.0 cm³/mol. The maximum Gasteiger partial charge on any atom is 0.330 e. The molecule has 2 heterocycles. The van der Waals surface area contributed by atoms with Crippen molar-refractivity contribution in [1.29, 1.82) is 0 Å². The molecule has 2 unspecified atom stereocenters. The van der Waals surface area contributed by atoms with Gasteiger partial charge in [-0.3, -0.25) is 14.3 Å². The Hall–Kier alpha value is -1.55. The summed E-state index contributed by atoms with van der Waals surface area (Å²) in [5.41, 5.74) is -1.71. The molecular weight excluding hydrogens is 263 g/mol. The number of hydrogen-bond donors (Lipinski definition) is 4. The normalized spacial score (nSPS) is 36.4. The van der Waals surface area contributed by atoms with Crippen LogP contribution in [0.2, 0.25) is 0 Å². The van der Waals surface area contributed by atoms with E-state index in [-0.39, 0.29) is 0 Å². The maximum atomic E-state index is 14.1. The zero-order valence-electron chi connectivity index (χ0n) is 9.86. The number of H-pyrrole nitrogens is 1. The van der Waals surface area contributed by atoms with Crippen molar-refractivity contribution in [3.8, 4) is 0 Å². The average molecular weight is 276 g/mol. The minimum absolute atomic E-state index is 0.590. The van der Waals surface area contributed by atoms with E-state index in [0.29, 0.717) is 4.57 Å². The van der Waals surface area contributed by atoms with Crippen LogP contribution in [0.1, 0.15) is 13.2 Å². The van der Waals surface area contributed by atoms with Crippen molar-refractivity contribution in [2.75, 3.05) is 0 Å². The minimum Gasteiger partial charge on any atom is -0.391 e. The summed E-state index contributed by atoms with van der Waals surface area (Å²) in [5.74, 6) is -3.27. The van der Waals surface area contributed by atoms with Gasteiger partial charge >= 0.3 is 5.69 Å². The third-order valence-electron chi connectivity index (χ3n) is 2.94. The molecule has 0 bridgehead atoms. The molecule has 0 radical (unpaired) electrons. The number of halogens is 1. The van der Waals surface area contributed by atoms with Gasteiger partial charge < -0.3 is 20.1 Å². The largest absolute Gasteiger partial charge is 0.391 e. The second-order valence-electron chi connectivity index (χ2n) is 4.38. The number of aliphatic hydroxyl groups excluding tert-OH is 2.